The molecule has 0 bridgehead atoms. The van der Waals surface area contributed by atoms with Crippen LogP contribution in [0, 0.1) is 11.3 Å². The van der Waals surface area contributed by atoms with Crippen LogP contribution >= 0.6 is 30.9 Å². The number of carboxylic acid groups (broad SMARTS) is 1. The number of aromatic carboxylic acids is 1. The molecule has 190 valence electrons. The van der Waals surface area contributed by atoms with Crippen molar-refractivity contribution in [3.05, 3.63) is 58.3 Å². The van der Waals surface area contributed by atoms with Gasteiger partial charge in [-0.2, -0.15) is 0 Å². The summed E-state index contributed by atoms with van der Waals surface area (Å²) in [6, 6.07) is 11.2. The molecule has 0 aliphatic carbocycles. The van der Waals surface area contributed by atoms with Crippen molar-refractivity contribution in [1.82, 2.24) is 0 Å². The van der Waals surface area contributed by atoms with E-state index in [0.717, 1.165) is 37.8 Å². The van der Waals surface area contributed by atoms with Gasteiger partial charge in [0.05, 0.1) is 31.1 Å². The number of carbonyl (C=O) groups excluding carboxylic acids is 1. The third-order valence-electron chi connectivity index (χ3n) is 4.02. The molecule has 0 saturated heterocycles. The molecule has 0 spiro atoms. The normalized spacial score (nSPS) is 9.51. The van der Waals surface area contributed by atoms with Crippen molar-refractivity contribution in [2.24, 2.45) is 0 Å². The standard InChI is InChI=1S/C10H8O3S.C10H8O2S.ClO2.K.Na.HO4P.H/c1-13-6-2-3-9-7(4-6)8(5-14-9)10(11)12;1-12-8-2-3-10-9(4-8)7(5-11)6-13-10;2-1-3;;;1-4-5(2)3;/h2-5H,1H3,(H,11,12);2-6H,1H3;;;;1H;/q;;-1;2*+1;;-1. The number of thiophene rings is 2. The Morgan fingerprint density at radius 1 is 1.03 bits per heavy atom. The van der Waals surface area contributed by atoms with E-state index in [4.69, 9.17) is 38.6 Å². The van der Waals surface area contributed by atoms with E-state index in [1.165, 1.54) is 11.3 Å². The molecule has 1 unspecified atom stereocenters. The first kappa shape index (κ1) is 39.1. The van der Waals surface area contributed by atoms with Crippen molar-refractivity contribution in [3.63, 3.8) is 0 Å². The number of carbonyl (C=O) groups is 2. The van der Waals surface area contributed by atoms with Crippen molar-refractivity contribution < 1.29 is 147 Å². The Morgan fingerprint density at radius 2 is 1.46 bits per heavy atom. The summed E-state index contributed by atoms with van der Waals surface area (Å²) in [5, 5.41) is 21.2. The molecule has 17 heteroatoms. The van der Waals surface area contributed by atoms with Gasteiger partial charge in [-0.15, -0.1) is 22.7 Å². The molecule has 2 heterocycles. The summed E-state index contributed by atoms with van der Waals surface area (Å²) < 4.78 is 40.3. The molecule has 0 fully saturated rings. The fourth-order valence-electron chi connectivity index (χ4n) is 2.55. The smallest absolute Gasteiger partial charge is 1.00 e. The van der Waals surface area contributed by atoms with Crippen molar-refractivity contribution in [2.45, 2.75) is 0 Å². The van der Waals surface area contributed by atoms with E-state index in [1.54, 1.807) is 37.0 Å². The average molecular weight is 627 g/mol. The van der Waals surface area contributed by atoms with Crippen LogP contribution in [0.5, 0.6) is 11.5 Å². The summed E-state index contributed by atoms with van der Waals surface area (Å²) in [6.07, 6.45) is 0.873. The molecule has 0 amide bonds. The van der Waals surface area contributed by atoms with E-state index in [-0.39, 0.29) is 82.4 Å². The predicted octanol–water partition coefficient (Wildman–Crippen LogP) is -3.43. The second kappa shape index (κ2) is 21.7. The van der Waals surface area contributed by atoms with Gasteiger partial charge >= 0.3 is 95.2 Å². The second-order valence-electron chi connectivity index (χ2n) is 5.86. The molecule has 2 N–H and O–H groups in total. The van der Waals surface area contributed by atoms with Gasteiger partial charge in [0.25, 0.3) is 0 Å². The molecular formula is C20H18ClKNaO11PS2. The van der Waals surface area contributed by atoms with Crippen LogP contribution in [-0.4, -0.2) is 36.8 Å². The van der Waals surface area contributed by atoms with Crippen LogP contribution in [0.4, 0.5) is 0 Å². The summed E-state index contributed by atoms with van der Waals surface area (Å²) in [4.78, 5) is 30.4. The fourth-order valence-corrected chi connectivity index (χ4v) is 4.35. The number of ether oxygens (including phenoxy) is 2. The number of aldehydes is 1. The van der Waals surface area contributed by atoms with E-state index >= 15 is 0 Å². The molecule has 4 rings (SSSR count). The van der Waals surface area contributed by atoms with E-state index in [0.29, 0.717) is 11.3 Å². The number of rotatable bonds is 5. The molecule has 4 aromatic rings. The first-order valence-corrected chi connectivity index (χ1v) is 12.4. The van der Waals surface area contributed by atoms with Crippen molar-refractivity contribution >= 4 is 63.4 Å². The number of halogens is 1. The van der Waals surface area contributed by atoms with Gasteiger partial charge in [-0.3, -0.25) is 4.79 Å². The van der Waals surface area contributed by atoms with Gasteiger partial charge in [0.1, 0.15) is 11.5 Å². The minimum Gasteiger partial charge on any atom is -1.00 e. The number of methoxy groups -OCH3 is 2. The summed E-state index contributed by atoms with van der Waals surface area (Å²) in [7, 11) is 0.140. The SMILES string of the molecule is COc1ccc2scc(C(=O)O)c2c1.COc1ccc2scc(C=O)c2c1.O=[P+]([O-])OO.[H-].[K+].[Na+].[O-][Cl+][O-]. The van der Waals surface area contributed by atoms with Crippen LogP contribution in [0.25, 0.3) is 20.2 Å². The molecular weight excluding hydrogens is 609 g/mol. The summed E-state index contributed by atoms with van der Waals surface area (Å²) in [6.45, 7) is 0. The van der Waals surface area contributed by atoms with Crippen LogP contribution in [0.3, 0.4) is 0 Å². The van der Waals surface area contributed by atoms with E-state index in [2.05, 4.69) is 4.67 Å². The molecule has 0 saturated carbocycles. The number of fused-ring (bicyclic) bond motifs is 2. The van der Waals surface area contributed by atoms with E-state index < -0.39 is 25.5 Å². The topological polar surface area (TPSA) is 189 Å². The maximum Gasteiger partial charge on any atom is 1.00 e. The molecule has 11 nitrogen and oxygen atoms in total. The maximum atomic E-state index is 10.8. The Morgan fingerprint density at radius 3 is 1.86 bits per heavy atom. The van der Waals surface area contributed by atoms with Gasteiger partial charge in [0, 0.05) is 41.2 Å². The Labute approximate surface area is 290 Å². The third-order valence-corrected chi connectivity index (χ3v) is 6.09. The average Bonchev–Trinajstić information content (AvgIpc) is 3.48. The zero-order valence-corrected chi connectivity index (χ0v) is 28.3. The van der Waals surface area contributed by atoms with Gasteiger partial charge in [-0.05, 0) is 41.0 Å². The second-order valence-corrected chi connectivity index (χ2v) is 8.41. The van der Waals surface area contributed by atoms with Crippen LogP contribution in [0.15, 0.2) is 47.2 Å². The van der Waals surface area contributed by atoms with Crippen LogP contribution in [0.1, 0.15) is 22.1 Å². The van der Waals surface area contributed by atoms with Crippen LogP contribution < -0.4 is 105 Å². The largest absolute Gasteiger partial charge is 1.00 e. The zero-order chi connectivity index (χ0) is 26.4. The van der Waals surface area contributed by atoms with Crippen molar-refractivity contribution in [1.29, 1.82) is 0 Å². The quantitative estimate of drug-likeness (QED) is 0.0737. The summed E-state index contributed by atoms with van der Waals surface area (Å²) >= 11 is 2.58. The number of hydrogen-bond donors (Lipinski definition) is 2. The zero-order valence-electron chi connectivity index (χ0n) is 20.9. The van der Waals surface area contributed by atoms with Gasteiger partial charge < -0.3 is 30.2 Å². The molecule has 2 aromatic carbocycles. The Balaban J connectivity index is -0.000000477. The van der Waals surface area contributed by atoms with E-state index in [1.807, 2.05) is 35.7 Å². The van der Waals surface area contributed by atoms with Gasteiger partial charge in [-0.1, -0.05) is 0 Å². The Kier molecular flexibility index (Phi) is 22.9. The molecule has 37 heavy (non-hydrogen) atoms. The monoisotopic (exact) mass is 626 g/mol. The van der Waals surface area contributed by atoms with Crippen LogP contribution in [0.2, 0.25) is 0 Å². The van der Waals surface area contributed by atoms with Crippen molar-refractivity contribution in [3.8, 4) is 11.5 Å². The number of carboxylic acids is 1. The summed E-state index contributed by atoms with van der Waals surface area (Å²) in [5.74, 6) is 0.567. The van der Waals surface area contributed by atoms with Crippen LogP contribution in [-0.2, 0) is 9.24 Å². The third kappa shape index (κ3) is 13.2. The minimum atomic E-state index is -3.04. The van der Waals surface area contributed by atoms with Gasteiger partial charge in [0.2, 0.25) is 0 Å². The fraction of sp³-hybridized carbons (Fsp3) is 0.100. The first-order chi connectivity index (χ1) is 16.8. The van der Waals surface area contributed by atoms with Gasteiger partial charge in [-0.25, -0.2) is 10.1 Å². The minimum absolute atomic E-state index is 0. The van der Waals surface area contributed by atoms with Crippen molar-refractivity contribution in [2.75, 3.05) is 14.2 Å². The first-order valence-electron chi connectivity index (χ1n) is 8.90. The molecule has 0 aliphatic heterocycles. The van der Waals surface area contributed by atoms with E-state index in [9.17, 15) is 9.59 Å². The van der Waals surface area contributed by atoms with Gasteiger partial charge in [0.15, 0.2) is 6.29 Å². The molecule has 0 aliphatic rings. The summed E-state index contributed by atoms with van der Waals surface area (Å²) in [5.41, 5.74) is 1.07. The predicted molar refractivity (Wildman–Crippen MR) is 122 cm³/mol. The molecule has 0 radical (unpaired) electrons. The number of hydrogen-bond acceptors (Lipinski definition) is 12. The molecule has 1 atom stereocenters. The Bertz CT molecular complexity index is 1280. The number of benzene rings is 2. The maximum absolute atomic E-state index is 10.8. The molecule has 2 aromatic heterocycles. The Hall–Kier alpha value is -0.0736.